The van der Waals surface area contributed by atoms with Gasteiger partial charge in [-0.1, -0.05) is 13.8 Å². The normalized spacial score (nSPS) is 20.2. The van der Waals surface area contributed by atoms with Gasteiger partial charge in [0.25, 0.3) is 0 Å². The summed E-state index contributed by atoms with van der Waals surface area (Å²) in [5.74, 6) is 1.03. The summed E-state index contributed by atoms with van der Waals surface area (Å²) in [5, 5.41) is 4.12. The summed E-state index contributed by atoms with van der Waals surface area (Å²) in [6.07, 6.45) is 4.13. The zero-order valence-electron chi connectivity index (χ0n) is 12.1. The van der Waals surface area contributed by atoms with E-state index in [0.29, 0.717) is 17.7 Å². The number of carbonyl (C=O) groups excluding carboxylic acids is 1. The average molecular weight is 273 g/mol. The number of hydrogen-bond acceptors (Lipinski definition) is 4. The molecule has 1 aliphatic carbocycles. The maximum Gasteiger partial charge on any atom is 0.306 e. The van der Waals surface area contributed by atoms with Gasteiger partial charge in [-0.25, -0.2) is 0 Å². The van der Waals surface area contributed by atoms with Crippen LogP contribution in [0.1, 0.15) is 46.5 Å². The first kappa shape index (κ1) is 15.8. The van der Waals surface area contributed by atoms with E-state index in [2.05, 4.69) is 26.1 Å². The molecule has 2 unspecified atom stereocenters. The minimum atomic E-state index is -0.0575. The van der Waals surface area contributed by atoms with E-state index < -0.39 is 0 Å². The Morgan fingerprint density at radius 3 is 2.61 bits per heavy atom. The molecule has 2 atom stereocenters. The van der Waals surface area contributed by atoms with Crippen molar-refractivity contribution < 1.29 is 9.53 Å². The van der Waals surface area contributed by atoms with Crippen molar-refractivity contribution in [1.29, 1.82) is 0 Å². The summed E-state index contributed by atoms with van der Waals surface area (Å²) >= 11 is 1.99. The number of hydrogen-bond donors (Lipinski definition) is 1. The topological polar surface area (TPSA) is 38.3 Å². The molecule has 0 aromatic heterocycles. The van der Waals surface area contributed by atoms with E-state index in [1.165, 1.54) is 26.4 Å². The molecule has 3 nitrogen and oxygen atoms in total. The van der Waals surface area contributed by atoms with Crippen molar-refractivity contribution in [2.45, 2.75) is 57.7 Å². The molecule has 18 heavy (non-hydrogen) atoms. The van der Waals surface area contributed by atoms with E-state index in [-0.39, 0.29) is 11.4 Å². The smallest absolute Gasteiger partial charge is 0.306 e. The van der Waals surface area contributed by atoms with Crippen molar-refractivity contribution in [1.82, 2.24) is 5.32 Å². The first-order chi connectivity index (χ1) is 8.53. The Morgan fingerprint density at radius 1 is 1.44 bits per heavy atom. The van der Waals surface area contributed by atoms with Crippen molar-refractivity contribution in [2.24, 2.45) is 5.41 Å². The molecule has 0 saturated heterocycles. The van der Waals surface area contributed by atoms with Crippen LogP contribution in [0.2, 0.25) is 0 Å². The molecule has 0 amide bonds. The number of thioether (sulfide) groups is 1. The summed E-state index contributed by atoms with van der Waals surface area (Å²) in [4.78, 5) is 11.3. The van der Waals surface area contributed by atoms with Crippen molar-refractivity contribution in [3.8, 4) is 0 Å². The largest absolute Gasteiger partial charge is 0.469 e. The van der Waals surface area contributed by atoms with Gasteiger partial charge in [0.05, 0.1) is 13.5 Å². The van der Waals surface area contributed by atoms with Gasteiger partial charge in [-0.2, -0.15) is 11.8 Å². The summed E-state index contributed by atoms with van der Waals surface area (Å²) in [6.45, 7) is 7.78. The van der Waals surface area contributed by atoms with Crippen LogP contribution in [0.25, 0.3) is 0 Å². The maximum atomic E-state index is 11.3. The molecule has 106 valence electrons. The zero-order valence-corrected chi connectivity index (χ0v) is 12.9. The highest BCUT2D eigenvalue weighted by atomic mass is 32.2. The van der Waals surface area contributed by atoms with E-state index in [0.717, 1.165) is 12.3 Å². The molecular weight excluding hydrogens is 246 g/mol. The van der Waals surface area contributed by atoms with Gasteiger partial charge in [0, 0.05) is 11.3 Å². The van der Waals surface area contributed by atoms with E-state index in [9.17, 15) is 4.79 Å². The zero-order chi connectivity index (χ0) is 13.6. The van der Waals surface area contributed by atoms with Crippen LogP contribution in [0.5, 0.6) is 0 Å². The third-order valence-corrected chi connectivity index (χ3v) is 5.49. The quantitative estimate of drug-likeness (QED) is 0.656. The lowest BCUT2D eigenvalue weighted by molar-refractivity contribution is -0.141. The minimum Gasteiger partial charge on any atom is -0.469 e. The van der Waals surface area contributed by atoms with Gasteiger partial charge < -0.3 is 10.1 Å². The molecule has 0 aliphatic heterocycles. The lowest BCUT2D eigenvalue weighted by atomic mass is 10.1. The predicted molar refractivity (Wildman–Crippen MR) is 78.0 cm³/mol. The molecule has 1 N–H and O–H groups in total. The molecule has 0 radical (unpaired) electrons. The van der Waals surface area contributed by atoms with Crippen LogP contribution in [-0.2, 0) is 9.53 Å². The molecule has 1 fully saturated rings. The number of ether oxygens (including phenoxy) is 1. The first-order valence-electron chi connectivity index (χ1n) is 6.95. The van der Waals surface area contributed by atoms with Gasteiger partial charge in [-0.05, 0) is 43.9 Å². The first-order valence-corrected chi connectivity index (χ1v) is 7.99. The van der Waals surface area contributed by atoms with Crippen molar-refractivity contribution in [3.05, 3.63) is 0 Å². The number of esters is 1. The summed E-state index contributed by atoms with van der Waals surface area (Å²) in [5.41, 5.74) is 0.247. The molecule has 0 spiro atoms. The second-order valence-corrected chi connectivity index (χ2v) is 6.88. The molecule has 1 rings (SSSR count). The van der Waals surface area contributed by atoms with Crippen LogP contribution in [0.4, 0.5) is 0 Å². The highest BCUT2D eigenvalue weighted by molar-refractivity contribution is 7.99. The molecule has 1 aliphatic rings. The molecule has 0 bridgehead atoms. The van der Waals surface area contributed by atoms with Crippen molar-refractivity contribution >= 4 is 17.7 Å². The van der Waals surface area contributed by atoms with Crippen LogP contribution < -0.4 is 5.32 Å². The molecule has 4 heteroatoms. The summed E-state index contributed by atoms with van der Waals surface area (Å²) in [7, 11) is 1.48. The van der Waals surface area contributed by atoms with Crippen LogP contribution in [0, 0.1) is 5.41 Å². The number of carbonyl (C=O) groups is 1. The molecular formula is C14H27NO2S. The highest BCUT2D eigenvalue weighted by Crippen LogP contribution is 2.51. The Labute approximate surface area is 115 Å². The van der Waals surface area contributed by atoms with E-state index in [1.807, 2.05) is 11.8 Å². The Bertz CT molecular complexity index is 267. The number of rotatable bonds is 9. The molecule has 0 aromatic carbocycles. The number of methoxy groups -OCH3 is 1. The maximum absolute atomic E-state index is 11.3. The lowest BCUT2D eigenvalue weighted by Crippen LogP contribution is -2.35. The van der Waals surface area contributed by atoms with Gasteiger partial charge >= 0.3 is 5.97 Å². The van der Waals surface area contributed by atoms with Crippen molar-refractivity contribution in [3.63, 3.8) is 0 Å². The van der Waals surface area contributed by atoms with E-state index >= 15 is 0 Å². The van der Waals surface area contributed by atoms with Crippen LogP contribution in [0.15, 0.2) is 0 Å². The third-order valence-electron chi connectivity index (χ3n) is 3.78. The lowest BCUT2D eigenvalue weighted by Gasteiger charge is -2.23. The highest BCUT2D eigenvalue weighted by Gasteiger charge is 2.44. The second-order valence-electron chi connectivity index (χ2n) is 5.51. The summed E-state index contributed by atoms with van der Waals surface area (Å²) < 4.78 is 4.77. The van der Waals surface area contributed by atoms with Crippen LogP contribution in [0.3, 0.4) is 0 Å². The van der Waals surface area contributed by atoms with Crippen LogP contribution >= 0.6 is 11.8 Å². The standard InChI is InChI=1S/C14H27NO2S/c1-5-8-15-11(2)12(3)18-10-14(6-7-14)9-13(16)17-4/h11-12,15H,5-10H2,1-4H3. The Hall–Kier alpha value is -0.220. The van der Waals surface area contributed by atoms with Gasteiger partial charge in [-0.15, -0.1) is 0 Å². The molecule has 1 saturated carbocycles. The second kappa shape index (κ2) is 7.39. The van der Waals surface area contributed by atoms with E-state index in [1.54, 1.807) is 0 Å². The van der Waals surface area contributed by atoms with E-state index in [4.69, 9.17) is 4.74 Å². The minimum absolute atomic E-state index is 0.0575. The Balaban J connectivity index is 2.25. The predicted octanol–water partition coefficient (Wildman–Crippen LogP) is 2.84. The molecule has 0 aromatic rings. The fraction of sp³-hybridized carbons (Fsp3) is 0.929. The van der Waals surface area contributed by atoms with Gasteiger partial charge in [0.15, 0.2) is 0 Å². The SMILES string of the molecule is CCCNC(C)C(C)SCC1(CC(=O)OC)CC1. The average Bonchev–Trinajstić information content (AvgIpc) is 3.13. The Kier molecular flexibility index (Phi) is 6.50. The van der Waals surface area contributed by atoms with Gasteiger partial charge in [0.2, 0.25) is 0 Å². The van der Waals surface area contributed by atoms with Gasteiger partial charge in [0.1, 0.15) is 0 Å². The van der Waals surface area contributed by atoms with Crippen LogP contribution in [-0.4, -0.2) is 36.7 Å². The number of nitrogens with one attached hydrogen (secondary N) is 1. The summed E-state index contributed by atoms with van der Waals surface area (Å²) in [6, 6.07) is 0.531. The Morgan fingerprint density at radius 2 is 2.11 bits per heavy atom. The van der Waals surface area contributed by atoms with Gasteiger partial charge in [-0.3, -0.25) is 4.79 Å². The fourth-order valence-corrected chi connectivity index (χ4v) is 3.31. The molecule has 0 heterocycles. The fourth-order valence-electron chi connectivity index (χ4n) is 1.92. The third kappa shape index (κ3) is 5.19. The van der Waals surface area contributed by atoms with Crippen molar-refractivity contribution in [2.75, 3.05) is 19.4 Å². The monoisotopic (exact) mass is 273 g/mol.